The lowest BCUT2D eigenvalue weighted by molar-refractivity contribution is 0.0941. The number of nitrogens with one attached hydrogen (secondary N) is 2. The van der Waals surface area contributed by atoms with Gasteiger partial charge in [-0.1, -0.05) is 0 Å². The Kier molecular flexibility index (Phi) is 5.54. The Bertz CT molecular complexity index is 484. The molecule has 0 atom stereocenters. The van der Waals surface area contributed by atoms with Crippen LogP contribution in [-0.4, -0.2) is 23.9 Å². The van der Waals surface area contributed by atoms with Crippen molar-refractivity contribution in [3.63, 3.8) is 0 Å². The van der Waals surface area contributed by atoms with Gasteiger partial charge in [-0.25, -0.2) is 0 Å². The first-order chi connectivity index (χ1) is 8.81. The fraction of sp³-hybridized carbons (Fsp3) is 0.429. The summed E-state index contributed by atoms with van der Waals surface area (Å²) < 4.78 is 0.673. The van der Waals surface area contributed by atoms with Crippen molar-refractivity contribution in [1.82, 2.24) is 10.6 Å². The summed E-state index contributed by atoms with van der Waals surface area (Å²) in [4.78, 5) is 23.9. The van der Waals surface area contributed by atoms with Crippen LogP contribution >= 0.6 is 15.9 Å². The Morgan fingerprint density at radius 2 is 1.53 bits per heavy atom. The summed E-state index contributed by atoms with van der Waals surface area (Å²) in [5.74, 6) is -0.373. The maximum atomic E-state index is 12.0. The third-order valence-corrected chi connectivity index (χ3v) is 3.00. The molecule has 0 radical (unpaired) electrons. The van der Waals surface area contributed by atoms with Gasteiger partial charge in [0.05, 0.1) is 5.56 Å². The normalized spacial score (nSPS) is 10.7. The largest absolute Gasteiger partial charge is 0.350 e. The topological polar surface area (TPSA) is 58.2 Å². The van der Waals surface area contributed by atoms with Gasteiger partial charge in [0, 0.05) is 22.1 Å². The second kappa shape index (κ2) is 6.70. The SMILES string of the molecule is CC(C)NC(=O)c1ccc(Br)c(C(=O)NC(C)C)c1. The van der Waals surface area contributed by atoms with Gasteiger partial charge in [-0.2, -0.15) is 0 Å². The predicted molar refractivity (Wildman–Crippen MR) is 79.3 cm³/mol. The number of carbonyl (C=O) groups is 2. The van der Waals surface area contributed by atoms with E-state index >= 15 is 0 Å². The third-order valence-electron chi connectivity index (χ3n) is 2.31. The summed E-state index contributed by atoms with van der Waals surface area (Å²) in [6, 6.07) is 5.11. The second-order valence-electron chi connectivity index (χ2n) is 4.95. The number of hydrogen-bond donors (Lipinski definition) is 2. The van der Waals surface area contributed by atoms with Gasteiger partial charge in [0.1, 0.15) is 0 Å². The van der Waals surface area contributed by atoms with Crippen LogP contribution in [0, 0.1) is 0 Å². The lowest BCUT2D eigenvalue weighted by Crippen LogP contribution is -2.32. The number of amides is 2. The lowest BCUT2D eigenvalue weighted by Gasteiger charge is -2.12. The molecule has 5 heteroatoms. The van der Waals surface area contributed by atoms with Crippen LogP contribution in [0.3, 0.4) is 0 Å². The fourth-order valence-corrected chi connectivity index (χ4v) is 1.95. The molecule has 0 aliphatic heterocycles. The van der Waals surface area contributed by atoms with Gasteiger partial charge in [0.2, 0.25) is 0 Å². The summed E-state index contributed by atoms with van der Waals surface area (Å²) in [6.45, 7) is 7.56. The maximum absolute atomic E-state index is 12.0. The van der Waals surface area contributed by atoms with Crippen molar-refractivity contribution in [2.24, 2.45) is 0 Å². The molecule has 0 bridgehead atoms. The monoisotopic (exact) mass is 326 g/mol. The van der Waals surface area contributed by atoms with E-state index in [1.165, 1.54) is 0 Å². The molecule has 2 amide bonds. The van der Waals surface area contributed by atoms with E-state index in [1.54, 1.807) is 18.2 Å². The van der Waals surface area contributed by atoms with Crippen molar-refractivity contribution in [1.29, 1.82) is 0 Å². The minimum absolute atomic E-state index is 0.0487. The minimum atomic E-state index is -0.193. The van der Waals surface area contributed by atoms with E-state index in [0.29, 0.717) is 15.6 Å². The van der Waals surface area contributed by atoms with E-state index < -0.39 is 0 Å². The van der Waals surface area contributed by atoms with Crippen LogP contribution in [0.2, 0.25) is 0 Å². The molecule has 4 nitrogen and oxygen atoms in total. The van der Waals surface area contributed by atoms with Crippen LogP contribution in [0.15, 0.2) is 22.7 Å². The van der Waals surface area contributed by atoms with E-state index in [-0.39, 0.29) is 23.9 Å². The molecule has 0 heterocycles. The van der Waals surface area contributed by atoms with Crippen molar-refractivity contribution < 1.29 is 9.59 Å². The number of halogens is 1. The highest BCUT2D eigenvalue weighted by molar-refractivity contribution is 9.10. The number of carbonyl (C=O) groups excluding carboxylic acids is 2. The number of benzene rings is 1. The van der Waals surface area contributed by atoms with Gasteiger partial charge in [-0.15, -0.1) is 0 Å². The summed E-state index contributed by atoms with van der Waals surface area (Å²) in [5, 5.41) is 5.61. The van der Waals surface area contributed by atoms with Gasteiger partial charge in [-0.3, -0.25) is 9.59 Å². The lowest BCUT2D eigenvalue weighted by atomic mass is 10.1. The first-order valence-corrected chi connectivity index (χ1v) is 7.02. The molecule has 0 aliphatic rings. The zero-order valence-electron chi connectivity index (χ0n) is 11.6. The summed E-state index contributed by atoms with van der Waals surface area (Å²) in [6.07, 6.45) is 0. The standard InChI is InChI=1S/C14H19BrN2O2/c1-8(2)16-13(18)10-5-6-12(15)11(7-10)14(19)17-9(3)4/h5-9H,1-4H3,(H,16,18)(H,17,19). The second-order valence-corrected chi connectivity index (χ2v) is 5.81. The van der Waals surface area contributed by atoms with E-state index in [0.717, 1.165) is 0 Å². The van der Waals surface area contributed by atoms with Gasteiger partial charge in [-0.05, 0) is 61.8 Å². The van der Waals surface area contributed by atoms with Crippen LogP contribution in [0.4, 0.5) is 0 Å². The molecule has 0 saturated heterocycles. The van der Waals surface area contributed by atoms with Crippen LogP contribution in [0.25, 0.3) is 0 Å². The first-order valence-electron chi connectivity index (χ1n) is 6.22. The van der Waals surface area contributed by atoms with E-state index in [4.69, 9.17) is 0 Å². The number of hydrogen-bond acceptors (Lipinski definition) is 2. The van der Waals surface area contributed by atoms with Crippen molar-refractivity contribution in [3.05, 3.63) is 33.8 Å². The van der Waals surface area contributed by atoms with Crippen LogP contribution in [-0.2, 0) is 0 Å². The average molecular weight is 327 g/mol. The minimum Gasteiger partial charge on any atom is -0.350 e. The fourth-order valence-electron chi connectivity index (χ4n) is 1.53. The van der Waals surface area contributed by atoms with E-state index in [2.05, 4.69) is 26.6 Å². The van der Waals surface area contributed by atoms with Gasteiger partial charge in [0.25, 0.3) is 11.8 Å². The molecule has 0 fully saturated rings. The molecule has 2 N–H and O–H groups in total. The predicted octanol–water partition coefficient (Wildman–Crippen LogP) is 2.73. The third kappa shape index (κ3) is 4.67. The molecular formula is C14H19BrN2O2. The highest BCUT2D eigenvalue weighted by Gasteiger charge is 2.15. The van der Waals surface area contributed by atoms with Gasteiger partial charge >= 0.3 is 0 Å². The molecule has 0 saturated carbocycles. The summed E-state index contributed by atoms with van der Waals surface area (Å²) in [7, 11) is 0. The van der Waals surface area contributed by atoms with Crippen LogP contribution < -0.4 is 10.6 Å². The molecule has 19 heavy (non-hydrogen) atoms. The van der Waals surface area contributed by atoms with Crippen LogP contribution in [0.5, 0.6) is 0 Å². The summed E-state index contributed by atoms with van der Waals surface area (Å²) >= 11 is 3.33. The zero-order chi connectivity index (χ0) is 14.6. The van der Waals surface area contributed by atoms with Crippen molar-refractivity contribution in [2.45, 2.75) is 39.8 Å². The Balaban J connectivity index is 3.00. The summed E-state index contributed by atoms with van der Waals surface area (Å²) in [5.41, 5.74) is 0.941. The Morgan fingerprint density at radius 3 is 2.05 bits per heavy atom. The Hall–Kier alpha value is -1.36. The molecule has 0 aromatic heterocycles. The molecule has 0 spiro atoms. The molecule has 1 aromatic rings. The molecule has 1 aromatic carbocycles. The number of rotatable bonds is 4. The van der Waals surface area contributed by atoms with Crippen molar-refractivity contribution in [2.75, 3.05) is 0 Å². The van der Waals surface area contributed by atoms with E-state index in [9.17, 15) is 9.59 Å². The maximum Gasteiger partial charge on any atom is 0.252 e. The molecular weight excluding hydrogens is 308 g/mol. The van der Waals surface area contributed by atoms with Crippen molar-refractivity contribution in [3.8, 4) is 0 Å². The van der Waals surface area contributed by atoms with Gasteiger partial charge < -0.3 is 10.6 Å². The Morgan fingerprint density at radius 1 is 1.00 bits per heavy atom. The average Bonchev–Trinajstić information content (AvgIpc) is 2.27. The highest BCUT2D eigenvalue weighted by Crippen LogP contribution is 2.18. The molecule has 1 rings (SSSR count). The quantitative estimate of drug-likeness (QED) is 0.893. The molecule has 0 aliphatic carbocycles. The Labute approximate surface area is 122 Å². The molecule has 0 unspecified atom stereocenters. The zero-order valence-corrected chi connectivity index (χ0v) is 13.2. The smallest absolute Gasteiger partial charge is 0.252 e. The van der Waals surface area contributed by atoms with Crippen molar-refractivity contribution >= 4 is 27.7 Å². The van der Waals surface area contributed by atoms with Crippen LogP contribution in [0.1, 0.15) is 48.4 Å². The first kappa shape index (κ1) is 15.7. The molecule has 104 valence electrons. The van der Waals surface area contributed by atoms with Gasteiger partial charge in [0.15, 0.2) is 0 Å². The highest BCUT2D eigenvalue weighted by atomic mass is 79.9. The van der Waals surface area contributed by atoms with E-state index in [1.807, 2.05) is 27.7 Å².